The summed E-state index contributed by atoms with van der Waals surface area (Å²) in [4.78, 5) is 12.9. The van der Waals surface area contributed by atoms with Crippen LogP contribution in [-0.2, 0) is 21.2 Å². The first-order valence-corrected chi connectivity index (χ1v) is 7.88. The second kappa shape index (κ2) is 5.81. The monoisotopic (exact) mass is 291 g/mol. The molecule has 18 heavy (non-hydrogen) atoms. The SMILES string of the molecule is Cc1ccc(CC(C)NS(=O)(=O)C(C)C(=O)O)s1. The first-order valence-electron chi connectivity index (χ1n) is 5.51. The summed E-state index contributed by atoms with van der Waals surface area (Å²) in [5, 5.41) is 7.27. The Kier molecular flexibility index (Phi) is 4.89. The van der Waals surface area contributed by atoms with Crippen molar-refractivity contribution in [3.63, 3.8) is 0 Å². The van der Waals surface area contributed by atoms with E-state index in [1.165, 1.54) is 4.88 Å². The Labute approximate surface area is 111 Å². The average Bonchev–Trinajstić information content (AvgIpc) is 2.61. The Balaban J connectivity index is 2.64. The predicted octanol–water partition coefficient (Wildman–Crippen LogP) is 1.38. The van der Waals surface area contributed by atoms with Crippen LogP contribution in [-0.4, -0.2) is 30.8 Å². The lowest BCUT2D eigenvalue weighted by Crippen LogP contribution is -2.42. The third kappa shape index (κ3) is 4.08. The number of carboxylic acids is 1. The molecule has 2 N–H and O–H groups in total. The van der Waals surface area contributed by atoms with Gasteiger partial charge in [0.1, 0.15) is 0 Å². The van der Waals surface area contributed by atoms with Crippen molar-refractivity contribution in [1.82, 2.24) is 4.72 Å². The summed E-state index contributed by atoms with van der Waals surface area (Å²) < 4.78 is 25.8. The minimum absolute atomic E-state index is 0.324. The molecule has 0 fully saturated rings. The summed E-state index contributed by atoms with van der Waals surface area (Å²) >= 11 is 1.61. The molecule has 0 radical (unpaired) electrons. The van der Waals surface area contributed by atoms with Crippen molar-refractivity contribution in [2.45, 2.75) is 38.5 Å². The van der Waals surface area contributed by atoms with Gasteiger partial charge < -0.3 is 5.11 Å². The number of aryl methyl sites for hydroxylation is 1. The van der Waals surface area contributed by atoms with E-state index >= 15 is 0 Å². The zero-order chi connectivity index (χ0) is 13.9. The fourth-order valence-electron chi connectivity index (χ4n) is 1.45. The van der Waals surface area contributed by atoms with Gasteiger partial charge in [-0.25, -0.2) is 13.1 Å². The van der Waals surface area contributed by atoms with Crippen molar-refractivity contribution < 1.29 is 18.3 Å². The van der Waals surface area contributed by atoms with Crippen molar-refractivity contribution in [2.24, 2.45) is 0 Å². The maximum Gasteiger partial charge on any atom is 0.323 e. The van der Waals surface area contributed by atoms with Gasteiger partial charge in [-0.1, -0.05) is 0 Å². The maximum absolute atomic E-state index is 11.7. The van der Waals surface area contributed by atoms with E-state index in [0.29, 0.717) is 6.42 Å². The molecular weight excluding hydrogens is 274 g/mol. The van der Waals surface area contributed by atoms with Gasteiger partial charge in [0.2, 0.25) is 10.0 Å². The van der Waals surface area contributed by atoms with Crippen LogP contribution in [0.1, 0.15) is 23.6 Å². The normalized spacial score (nSPS) is 15.3. The van der Waals surface area contributed by atoms with Crippen LogP contribution in [0.2, 0.25) is 0 Å². The molecule has 0 bridgehead atoms. The van der Waals surface area contributed by atoms with E-state index in [2.05, 4.69) is 4.72 Å². The Morgan fingerprint density at radius 2 is 2.06 bits per heavy atom. The molecule has 0 amide bonds. The van der Waals surface area contributed by atoms with Crippen molar-refractivity contribution in [3.05, 3.63) is 21.9 Å². The number of hydrogen-bond donors (Lipinski definition) is 2. The molecule has 102 valence electrons. The summed E-state index contributed by atoms with van der Waals surface area (Å²) in [5.41, 5.74) is 0. The van der Waals surface area contributed by atoms with Crippen LogP contribution < -0.4 is 4.72 Å². The third-order valence-electron chi connectivity index (χ3n) is 2.48. The van der Waals surface area contributed by atoms with Crippen molar-refractivity contribution in [3.8, 4) is 0 Å². The second-order valence-corrected chi connectivity index (χ2v) is 7.67. The lowest BCUT2D eigenvalue weighted by molar-refractivity contribution is -0.136. The first-order chi connectivity index (χ1) is 8.22. The first kappa shape index (κ1) is 15.1. The van der Waals surface area contributed by atoms with Crippen LogP contribution in [0.15, 0.2) is 12.1 Å². The van der Waals surface area contributed by atoms with E-state index in [1.54, 1.807) is 18.3 Å². The van der Waals surface area contributed by atoms with E-state index in [0.717, 1.165) is 11.8 Å². The molecule has 0 saturated heterocycles. The summed E-state index contributed by atoms with van der Waals surface area (Å²) in [6.07, 6.45) is 0.560. The standard InChI is InChI=1S/C11H17NO4S2/c1-7(6-10-5-4-8(2)17-10)12-18(15,16)9(3)11(13)14/h4-5,7,9,12H,6H2,1-3H3,(H,13,14). The van der Waals surface area contributed by atoms with Crippen LogP contribution in [0.25, 0.3) is 0 Å². The van der Waals surface area contributed by atoms with E-state index in [4.69, 9.17) is 5.11 Å². The molecule has 1 rings (SSSR count). The molecule has 0 aromatic carbocycles. The summed E-state index contributed by atoms with van der Waals surface area (Å²) in [6, 6.07) is 3.60. The Hall–Kier alpha value is -0.920. The Bertz CT molecular complexity index is 521. The van der Waals surface area contributed by atoms with Gasteiger partial charge in [0.05, 0.1) is 0 Å². The van der Waals surface area contributed by atoms with Crippen LogP contribution in [0.5, 0.6) is 0 Å². The summed E-state index contributed by atoms with van der Waals surface area (Å²) in [7, 11) is -3.82. The second-order valence-electron chi connectivity index (χ2n) is 4.26. The molecule has 5 nitrogen and oxygen atoms in total. The minimum atomic E-state index is -3.82. The fourth-order valence-corrected chi connectivity index (χ4v) is 3.59. The number of aliphatic carboxylic acids is 1. The highest BCUT2D eigenvalue weighted by atomic mass is 32.2. The van der Waals surface area contributed by atoms with Gasteiger partial charge >= 0.3 is 5.97 Å². The van der Waals surface area contributed by atoms with Gasteiger partial charge in [-0.2, -0.15) is 0 Å². The van der Waals surface area contributed by atoms with Gasteiger partial charge in [0, 0.05) is 15.8 Å². The molecule has 0 spiro atoms. The van der Waals surface area contributed by atoms with Gasteiger partial charge in [-0.3, -0.25) is 4.79 Å². The maximum atomic E-state index is 11.7. The number of carbonyl (C=O) groups is 1. The van der Waals surface area contributed by atoms with Gasteiger partial charge in [0.15, 0.2) is 5.25 Å². The molecule has 2 atom stereocenters. The Morgan fingerprint density at radius 3 is 2.50 bits per heavy atom. The molecule has 0 aliphatic rings. The number of sulfonamides is 1. The highest BCUT2D eigenvalue weighted by Crippen LogP contribution is 2.17. The zero-order valence-corrected chi connectivity index (χ0v) is 12.1. The minimum Gasteiger partial charge on any atom is -0.480 e. The zero-order valence-electron chi connectivity index (χ0n) is 10.5. The van der Waals surface area contributed by atoms with Gasteiger partial charge in [-0.05, 0) is 39.3 Å². The lowest BCUT2D eigenvalue weighted by atomic mass is 10.2. The smallest absolute Gasteiger partial charge is 0.323 e. The Morgan fingerprint density at radius 1 is 1.44 bits per heavy atom. The highest BCUT2D eigenvalue weighted by Gasteiger charge is 2.28. The highest BCUT2D eigenvalue weighted by molar-refractivity contribution is 7.90. The van der Waals surface area contributed by atoms with E-state index in [9.17, 15) is 13.2 Å². The van der Waals surface area contributed by atoms with E-state index < -0.39 is 21.2 Å². The molecule has 0 aliphatic carbocycles. The van der Waals surface area contributed by atoms with E-state index in [1.807, 2.05) is 19.1 Å². The number of thiophene rings is 1. The molecule has 2 unspecified atom stereocenters. The van der Waals surface area contributed by atoms with Gasteiger partial charge in [0.25, 0.3) is 0 Å². The van der Waals surface area contributed by atoms with Crippen molar-refractivity contribution in [1.29, 1.82) is 0 Å². The third-order valence-corrected chi connectivity index (χ3v) is 5.37. The number of carboxylic acid groups (broad SMARTS) is 1. The van der Waals surface area contributed by atoms with Crippen LogP contribution in [0.3, 0.4) is 0 Å². The number of nitrogens with one attached hydrogen (secondary N) is 1. The van der Waals surface area contributed by atoms with Crippen LogP contribution in [0.4, 0.5) is 0 Å². The quantitative estimate of drug-likeness (QED) is 0.829. The number of rotatable bonds is 6. The topological polar surface area (TPSA) is 83.5 Å². The molecule has 7 heteroatoms. The molecule has 0 saturated carbocycles. The summed E-state index contributed by atoms with van der Waals surface area (Å²) in [6.45, 7) is 4.86. The average molecular weight is 291 g/mol. The molecule has 1 heterocycles. The molecule has 1 aromatic heterocycles. The largest absolute Gasteiger partial charge is 0.480 e. The lowest BCUT2D eigenvalue weighted by Gasteiger charge is -2.15. The van der Waals surface area contributed by atoms with Gasteiger partial charge in [-0.15, -0.1) is 11.3 Å². The molecule has 0 aliphatic heterocycles. The summed E-state index contributed by atoms with van der Waals surface area (Å²) in [5.74, 6) is -1.35. The fraction of sp³-hybridized carbons (Fsp3) is 0.545. The molecule has 1 aromatic rings. The van der Waals surface area contributed by atoms with E-state index in [-0.39, 0.29) is 6.04 Å². The van der Waals surface area contributed by atoms with Crippen LogP contribution in [0, 0.1) is 6.92 Å². The van der Waals surface area contributed by atoms with Crippen molar-refractivity contribution in [2.75, 3.05) is 0 Å². The predicted molar refractivity (Wildman–Crippen MR) is 71.4 cm³/mol. The van der Waals surface area contributed by atoms with Crippen molar-refractivity contribution >= 4 is 27.3 Å². The molecular formula is C11H17NO4S2. The van der Waals surface area contributed by atoms with Crippen LogP contribution >= 0.6 is 11.3 Å². The number of hydrogen-bond acceptors (Lipinski definition) is 4.